The lowest BCUT2D eigenvalue weighted by Crippen LogP contribution is -2.55. The van der Waals surface area contributed by atoms with Gasteiger partial charge in [0.2, 0.25) is 0 Å². The first-order valence-corrected chi connectivity index (χ1v) is 9.04. The van der Waals surface area contributed by atoms with Gasteiger partial charge in [-0.05, 0) is 56.7 Å². The maximum absolute atomic E-state index is 12.4. The van der Waals surface area contributed by atoms with E-state index in [-0.39, 0.29) is 24.5 Å². The van der Waals surface area contributed by atoms with E-state index in [1.807, 2.05) is 19.1 Å². The van der Waals surface area contributed by atoms with Crippen LogP contribution in [0.5, 0.6) is 5.75 Å². The molecule has 25 heavy (non-hydrogen) atoms. The molecule has 2 saturated carbocycles. The maximum atomic E-state index is 12.4. The third-order valence-electron chi connectivity index (χ3n) is 4.90. The van der Waals surface area contributed by atoms with Gasteiger partial charge in [0.25, 0.3) is 5.91 Å². The fourth-order valence-corrected chi connectivity index (χ4v) is 3.31. The number of ether oxygens (including phenoxy) is 1. The lowest BCUT2D eigenvalue weighted by Gasteiger charge is -2.42. The van der Waals surface area contributed by atoms with Crippen molar-refractivity contribution < 1.29 is 19.4 Å². The predicted octanol–water partition coefficient (Wildman–Crippen LogP) is 2.14. The van der Waals surface area contributed by atoms with Gasteiger partial charge in [-0.25, -0.2) is 0 Å². The van der Waals surface area contributed by atoms with Gasteiger partial charge in [-0.15, -0.1) is 0 Å². The predicted molar refractivity (Wildman–Crippen MR) is 93.8 cm³/mol. The van der Waals surface area contributed by atoms with Gasteiger partial charge in [-0.1, -0.05) is 6.07 Å². The number of rotatable bonds is 9. The van der Waals surface area contributed by atoms with Crippen LogP contribution in [-0.4, -0.2) is 53.7 Å². The summed E-state index contributed by atoms with van der Waals surface area (Å²) in [4.78, 5) is 25.5. The average Bonchev–Trinajstić information content (AvgIpc) is 3.34. The third-order valence-corrected chi connectivity index (χ3v) is 4.90. The summed E-state index contributed by atoms with van der Waals surface area (Å²) >= 11 is 0. The summed E-state index contributed by atoms with van der Waals surface area (Å²) < 4.78 is 5.43. The van der Waals surface area contributed by atoms with E-state index in [2.05, 4.69) is 10.2 Å². The van der Waals surface area contributed by atoms with Crippen molar-refractivity contribution in [3.63, 3.8) is 0 Å². The van der Waals surface area contributed by atoms with E-state index in [9.17, 15) is 9.59 Å². The molecule has 1 amide bonds. The molecule has 0 heterocycles. The molecule has 1 aromatic carbocycles. The molecule has 1 aromatic rings. The van der Waals surface area contributed by atoms with Gasteiger partial charge in [0.05, 0.1) is 13.2 Å². The number of benzene rings is 1. The molecule has 0 radical (unpaired) electrons. The van der Waals surface area contributed by atoms with Crippen molar-refractivity contribution in [2.24, 2.45) is 5.92 Å². The third kappa shape index (κ3) is 4.95. The van der Waals surface area contributed by atoms with Gasteiger partial charge in [-0.3, -0.25) is 14.5 Å². The van der Waals surface area contributed by atoms with E-state index in [0.717, 1.165) is 19.4 Å². The zero-order valence-corrected chi connectivity index (χ0v) is 14.6. The minimum atomic E-state index is -0.777. The molecule has 0 aliphatic heterocycles. The second-order valence-electron chi connectivity index (χ2n) is 7.02. The SMILES string of the molecule is CCOc1cccc(C(=O)NC2CC(N(CC(=O)O)CC3CC3)C2)c1. The minimum absolute atomic E-state index is 0.0955. The number of nitrogens with one attached hydrogen (secondary N) is 1. The minimum Gasteiger partial charge on any atom is -0.494 e. The zero-order chi connectivity index (χ0) is 17.8. The van der Waals surface area contributed by atoms with Gasteiger partial charge >= 0.3 is 5.97 Å². The highest BCUT2D eigenvalue weighted by Crippen LogP contribution is 2.33. The Balaban J connectivity index is 1.49. The van der Waals surface area contributed by atoms with Crippen molar-refractivity contribution in [3.8, 4) is 5.75 Å². The van der Waals surface area contributed by atoms with Crippen LogP contribution in [0.4, 0.5) is 0 Å². The fraction of sp³-hybridized carbons (Fsp3) is 0.579. The molecule has 2 aliphatic carbocycles. The zero-order valence-electron chi connectivity index (χ0n) is 14.6. The molecule has 6 heteroatoms. The Hall–Kier alpha value is -2.08. The topological polar surface area (TPSA) is 78.9 Å². The van der Waals surface area contributed by atoms with E-state index < -0.39 is 5.97 Å². The molecule has 0 unspecified atom stereocenters. The second kappa shape index (κ2) is 7.87. The van der Waals surface area contributed by atoms with E-state index in [4.69, 9.17) is 9.84 Å². The highest BCUT2D eigenvalue weighted by Gasteiger charge is 2.37. The Bertz CT molecular complexity index is 624. The summed E-state index contributed by atoms with van der Waals surface area (Å²) in [5, 5.41) is 12.1. The Morgan fingerprint density at radius 2 is 2.08 bits per heavy atom. The number of hydrogen-bond acceptors (Lipinski definition) is 4. The Morgan fingerprint density at radius 1 is 1.32 bits per heavy atom. The number of aliphatic carboxylic acids is 1. The van der Waals surface area contributed by atoms with Crippen LogP contribution in [0.25, 0.3) is 0 Å². The molecule has 0 bridgehead atoms. The monoisotopic (exact) mass is 346 g/mol. The smallest absolute Gasteiger partial charge is 0.317 e. The number of carbonyl (C=O) groups is 2. The van der Waals surface area contributed by atoms with Crippen LogP contribution >= 0.6 is 0 Å². The van der Waals surface area contributed by atoms with Crippen LogP contribution in [0.1, 0.15) is 43.0 Å². The number of nitrogens with zero attached hydrogens (tertiary/aromatic N) is 1. The van der Waals surface area contributed by atoms with Crippen LogP contribution < -0.4 is 10.1 Å². The van der Waals surface area contributed by atoms with Gasteiger partial charge in [-0.2, -0.15) is 0 Å². The van der Waals surface area contributed by atoms with Crippen LogP contribution in [0.2, 0.25) is 0 Å². The lowest BCUT2D eigenvalue weighted by molar-refractivity contribution is -0.139. The number of carboxylic acid groups (broad SMARTS) is 1. The van der Waals surface area contributed by atoms with Crippen molar-refractivity contribution in [1.82, 2.24) is 10.2 Å². The van der Waals surface area contributed by atoms with Gasteiger partial charge in [0, 0.05) is 24.2 Å². The first-order valence-electron chi connectivity index (χ1n) is 9.04. The molecule has 0 aromatic heterocycles. The van der Waals surface area contributed by atoms with Gasteiger partial charge in [0.1, 0.15) is 5.75 Å². The molecule has 2 fully saturated rings. The molecular weight excluding hydrogens is 320 g/mol. The quantitative estimate of drug-likeness (QED) is 0.716. The van der Waals surface area contributed by atoms with Gasteiger partial charge < -0.3 is 15.2 Å². The standard InChI is InChI=1S/C19H26N2O4/c1-2-25-17-5-3-4-14(8-17)19(24)20-15-9-16(10-15)21(12-18(22)23)11-13-6-7-13/h3-5,8,13,15-16H,2,6-7,9-12H2,1H3,(H,20,24)(H,22,23). The normalized spacial score (nSPS) is 22.3. The van der Waals surface area contributed by atoms with Crippen molar-refractivity contribution in [2.45, 2.75) is 44.7 Å². The first kappa shape index (κ1) is 17.7. The Kier molecular flexibility index (Phi) is 5.58. The number of hydrogen-bond donors (Lipinski definition) is 2. The molecule has 0 saturated heterocycles. The Morgan fingerprint density at radius 3 is 2.72 bits per heavy atom. The molecule has 2 N–H and O–H groups in total. The molecule has 0 atom stereocenters. The Labute approximate surface area is 148 Å². The highest BCUT2D eigenvalue weighted by molar-refractivity contribution is 5.94. The summed E-state index contributed by atoms with van der Waals surface area (Å²) in [6.45, 7) is 3.44. The van der Waals surface area contributed by atoms with Gasteiger partial charge in [0.15, 0.2) is 0 Å². The average molecular weight is 346 g/mol. The molecule has 2 aliphatic rings. The number of carboxylic acids is 1. The summed E-state index contributed by atoms with van der Waals surface area (Å²) in [7, 11) is 0. The first-order chi connectivity index (χ1) is 12.0. The second-order valence-corrected chi connectivity index (χ2v) is 7.02. The summed E-state index contributed by atoms with van der Waals surface area (Å²) in [5.41, 5.74) is 0.592. The number of carbonyl (C=O) groups excluding carboxylic acids is 1. The van der Waals surface area contributed by atoms with Crippen molar-refractivity contribution in [3.05, 3.63) is 29.8 Å². The lowest BCUT2D eigenvalue weighted by atomic mass is 9.85. The van der Waals surface area contributed by atoms with Crippen molar-refractivity contribution in [1.29, 1.82) is 0 Å². The highest BCUT2D eigenvalue weighted by atomic mass is 16.5. The largest absolute Gasteiger partial charge is 0.494 e. The van der Waals surface area contributed by atoms with Crippen LogP contribution in [-0.2, 0) is 4.79 Å². The van der Waals surface area contributed by atoms with E-state index in [1.165, 1.54) is 12.8 Å². The van der Waals surface area contributed by atoms with Crippen LogP contribution in [0.15, 0.2) is 24.3 Å². The summed E-state index contributed by atoms with van der Waals surface area (Å²) in [6.07, 6.45) is 4.05. The van der Waals surface area contributed by atoms with Crippen molar-refractivity contribution >= 4 is 11.9 Å². The molecule has 136 valence electrons. The molecule has 3 rings (SSSR count). The number of amides is 1. The van der Waals surface area contributed by atoms with E-state index in [0.29, 0.717) is 23.8 Å². The van der Waals surface area contributed by atoms with E-state index in [1.54, 1.807) is 12.1 Å². The molecule has 0 spiro atoms. The van der Waals surface area contributed by atoms with E-state index >= 15 is 0 Å². The maximum Gasteiger partial charge on any atom is 0.317 e. The fourth-order valence-electron chi connectivity index (χ4n) is 3.31. The van der Waals surface area contributed by atoms with Crippen LogP contribution in [0.3, 0.4) is 0 Å². The summed E-state index contributed by atoms with van der Waals surface area (Å²) in [6, 6.07) is 7.55. The molecular formula is C19H26N2O4. The van der Waals surface area contributed by atoms with Crippen molar-refractivity contribution in [2.75, 3.05) is 19.7 Å². The van der Waals surface area contributed by atoms with Crippen LogP contribution in [0, 0.1) is 5.92 Å². The summed E-state index contributed by atoms with van der Waals surface area (Å²) in [5.74, 6) is 0.478. The molecule has 6 nitrogen and oxygen atoms in total.